The van der Waals surface area contributed by atoms with Gasteiger partial charge in [-0.1, -0.05) is 12.8 Å². The average molecular weight is 271 g/mol. The fourth-order valence-corrected chi connectivity index (χ4v) is 2.25. The number of carboxylic acids is 1. The monoisotopic (exact) mass is 271 g/mol. The second-order valence-electron chi connectivity index (χ2n) is 5.67. The fraction of sp³-hybridized carbons (Fsp3) is 0.846. The molecule has 0 saturated heterocycles. The molecule has 1 saturated carbocycles. The maximum atomic E-state index is 11.7. The lowest BCUT2D eigenvalue weighted by atomic mass is 9.86. The van der Waals surface area contributed by atoms with Crippen molar-refractivity contribution in [3.63, 3.8) is 0 Å². The summed E-state index contributed by atoms with van der Waals surface area (Å²) in [7, 11) is 3.89. The lowest BCUT2D eigenvalue weighted by Gasteiger charge is -2.25. The summed E-state index contributed by atoms with van der Waals surface area (Å²) in [5.41, 5.74) is -0.759. The van der Waals surface area contributed by atoms with Crippen LogP contribution in [0.5, 0.6) is 0 Å². The highest BCUT2D eigenvalue weighted by Gasteiger charge is 2.41. The van der Waals surface area contributed by atoms with Gasteiger partial charge < -0.3 is 20.6 Å². The van der Waals surface area contributed by atoms with E-state index in [0.29, 0.717) is 19.4 Å². The summed E-state index contributed by atoms with van der Waals surface area (Å²) in [6.07, 6.45) is 3.15. The van der Waals surface area contributed by atoms with Gasteiger partial charge in [-0.05, 0) is 33.9 Å². The van der Waals surface area contributed by atoms with E-state index in [9.17, 15) is 14.7 Å². The zero-order chi connectivity index (χ0) is 14.5. The molecule has 2 amide bonds. The molecule has 6 heteroatoms. The van der Waals surface area contributed by atoms with Crippen LogP contribution in [0.25, 0.3) is 0 Å². The molecule has 0 aromatic rings. The second kappa shape index (κ2) is 6.75. The van der Waals surface area contributed by atoms with Gasteiger partial charge in [0.1, 0.15) is 0 Å². The SMILES string of the molecule is CC(CNC(=O)NCC1(C(=O)O)CCCC1)N(C)C. The molecule has 1 aliphatic rings. The molecule has 0 aromatic heterocycles. The van der Waals surface area contributed by atoms with Crippen LogP contribution < -0.4 is 10.6 Å². The predicted molar refractivity (Wildman–Crippen MR) is 73.1 cm³/mol. The third-order valence-electron chi connectivity index (χ3n) is 4.04. The maximum absolute atomic E-state index is 11.7. The smallest absolute Gasteiger partial charge is 0.314 e. The first kappa shape index (κ1) is 15.8. The van der Waals surface area contributed by atoms with Gasteiger partial charge in [-0.15, -0.1) is 0 Å². The van der Waals surface area contributed by atoms with Crippen LogP contribution in [0.15, 0.2) is 0 Å². The molecule has 0 radical (unpaired) electrons. The number of urea groups is 1. The van der Waals surface area contributed by atoms with Crippen molar-refractivity contribution in [2.24, 2.45) is 5.41 Å². The van der Waals surface area contributed by atoms with Crippen molar-refractivity contribution in [2.75, 3.05) is 27.2 Å². The molecular weight excluding hydrogens is 246 g/mol. The number of nitrogens with one attached hydrogen (secondary N) is 2. The Balaban J connectivity index is 2.35. The number of carbonyl (C=O) groups excluding carboxylic acids is 1. The van der Waals surface area contributed by atoms with Crippen molar-refractivity contribution >= 4 is 12.0 Å². The number of nitrogens with zero attached hydrogens (tertiary/aromatic N) is 1. The average Bonchev–Trinajstić information content (AvgIpc) is 2.83. The minimum absolute atomic E-state index is 0.213. The van der Waals surface area contributed by atoms with E-state index in [0.717, 1.165) is 12.8 Å². The molecule has 6 nitrogen and oxygen atoms in total. The number of likely N-dealkylation sites (N-methyl/N-ethyl adjacent to an activating group) is 1. The highest BCUT2D eigenvalue weighted by Crippen LogP contribution is 2.37. The second-order valence-corrected chi connectivity index (χ2v) is 5.67. The van der Waals surface area contributed by atoms with Crippen LogP contribution in [-0.2, 0) is 4.79 Å². The molecule has 19 heavy (non-hydrogen) atoms. The van der Waals surface area contributed by atoms with E-state index in [1.54, 1.807) is 0 Å². The van der Waals surface area contributed by atoms with Crippen LogP contribution in [0, 0.1) is 5.41 Å². The Hall–Kier alpha value is -1.30. The van der Waals surface area contributed by atoms with Crippen LogP contribution in [0.2, 0.25) is 0 Å². The summed E-state index contributed by atoms with van der Waals surface area (Å²) in [6, 6.07) is -0.0492. The molecule has 3 N–H and O–H groups in total. The lowest BCUT2D eigenvalue weighted by molar-refractivity contribution is -0.148. The number of hydrogen-bond acceptors (Lipinski definition) is 3. The maximum Gasteiger partial charge on any atom is 0.314 e. The Kier molecular flexibility index (Phi) is 5.60. The van der Waals surface area contributed by atoms with E-state index in [1.807, 2.05) is 25.9 Å². The molecular formula is C13H25N3O3. The number of rotatable bonds is 6. The normalized spacial score (nSPS) is 19.2. The largest absolute Gasteiger partial charge is 0.481 e. The zero-order valence-electron chi connectivity index (χ0n) is 12.0. The van der Waals surface area contributed by atoms with Gasteiger partial charge in [-0.2, -0.15) is 0 Å². The molecule has 0 heterocycles. The minimum Gasteiger partial charge on any atom is -0.481 e. The molecule has 0 aromatic carbocycles. The van der Waals surface area contributed by atoms with E-state index in [2.05, 4.69) is 10.6 Å². The molecule has 1 unspecified atom stereocenters. The summed E-state index contributed by atoms with van der Waals surface area (Å²) >= 11 is 0. The van der Waals surface area contributed by atoms with Crippen molar-refractivity contribution < 1.29 is 14.7 Å². The summed E-state index contributed by atoms with van der Waals surface area (Å²) in [6.45, 7) is 2.76. The van der Waals surface area contributed by atoms with Crippen LogP contribution in [-0.4, -0.2) is 55.2 Å². The Bertz CT molecular complexity index is 325. The van der Waals surface area contributed by atoms with Gasteiger partial charge in [0.15, 0.2) is 0 Å². The van der Waals surface area contributed by atoms with Crippen molar-refractivity contribution in [1.29, 1.82) is 0 Å². The predicted octanol–water partition coefficient (Wildman–Crippen LogP) is 0.881. The highest BCUT2D eigenvalue weighted by molar-refractivity contribution is 5.78. The third-order valence-corrected chi connectivity index (χ3v) is 4.04. The first-order chi connectivity index (χ1) is 8.87. The van der Waals surface area contributed by atoms with Crippen LogP contribution in [0.1, 0.15) is 32.6 Å². The first-order valence-corrected chi connectivity index (χ1v) is 6.79. The molecule has 0 spiro atoms. The Morgan fingerprint density at radius 1 is 1.26 bits per heavy atom. The first-order valence-electron chi connectivity index (χ1n) is 6.79. The van der Waals surface area contributed by atoms with E-state index >= 15 is 0 Å². The van der Waals surface area contributed by atoms with E-state index in [-0.39, 0.29) is 18.6 Å². The lowest BCUT2D eigenvalue weighted by Crippen LogP contribution is -2.47. The van der Waals surface area contributed by atoms with Crippen LogP contribution in [0.3, 0.4) is 0 Å². The highest BCUT2D eigenvalue weighted by atomic mass is 16.4. The zero-order valence-corrected chi connectivity index (χ0v) is 12.0. The summed E-state index contributed by atoms with van der Waals surface area (Å²) in [5.74, 6) is -0.799. The van der Waals surface area contributed by atoms with Crippen molar-refractivity contribution in [2.45, 2.75) is 38.6 Å². The quantitative estimate of drug-likeness (QED) is 0.670. The van der Waals surface area contributed by atoms with E-state index in [1.165, 1.54) is 0 Å². The van der Waals surface area contributed by atoms with Gasteiger partial charge in [-0.3, -0.25) is 4.79 Å². The number of carbonyl (C=O) groups is 2. The number of amides is 2. The minimum atomic E-state index is -0.799. The van der Waals surface area contributed by atoms with Gasteiger partial charge in [-0.25, -0.2) is 4.79 Å². The molecule has 0 bridgehead atoms. The molecule has 1 fully saturated rings. The standard InChI is InChI=1S/C13H25N3O3/c1-10(16(2)3)8-14-12(19)15-9-13(11(17)18)6-4-5-7-13/h10H,4-9H2,1-3H3,(H,17,18)(H2,14,15,19). The van der Waals surface area contributed by atoms with Gasteiger partial charge >= 0.3 is 12.0 Å². The van der Waals surface area contributed by atoms with Crippen molar-refractivity contribution in [3.05, 3.63) is 0 Å². The number of hydrogen-bond donors (Lipinski definition) is 3. The van der Waals surface area contributed by atoms with Gasteiger partial charge in [0.2, 0.25) is 0 Å². The molecule has 0 aliphatic heterocycles. The molecule has 1 aliphatic carbocycles. The van der Waals surface area contributed by atoms with Gasteiger partial charge in [0, 0.05) is 19.1 Å². The van der Waals surface area contributed by atoms with Crippen molar-refractivity contribution in [1.82, 2.24) is 15.5 Å². The summed E-state index contributed by atoms with van der Waals surface area (Å²) in [5, 5.41) is 14.7. The van der Waals surface area contributed by atoms with Gasteiger partial charge in [0.25, 0.3) is 0 Å². The Labute approximate surface area is 114 Å². The van der Waals surface area contributed by atoms with Crippen LogP contribution in [0.4, 0.5) is 4.79 Å². The Morgan fingerprint density at radius 2 is 1.84 bits per heavy atom. The number of aliphatic carboxylic acids is 1. The van der Waals surface area contributed by atoms with Gasteiger partial charge in [0.05, 0.1) is 5.41 Å². The summed E-state index contributed by atoms with van der Waals surface area (Å²) in [4.78, 5) is 25.0. The molecule has 1 rings (SSSR count). The number of carboxylic acid groups (broad SMARTS) is 1. The van der Waals surface area contributed by atoms with E-state index < -0.39 is 11.4 Å². The molecule has 110 valence electrons. The van der Waals surface area contributed by atoms with Crippen molar-refractivity contribution in [3.8, 4) is 0 Å². The molecule has 1 atom stereocenters. The van der Waals surface area contributed by atoms with Crippen LogP contribution >= 0.6 is 0 Å². The summed E-state index contributed by atoms with van der Waals surface area (Å²) < 4.78 is 0. The topological polar surface area (TPSA) is 81.7 Å². The Morgan fingerprint density at radius 3 is 2.32 bits per heavy atom. The van der Waals surface area contributed by atoms with E-state index in [4.69, 9.17) is 0 Å². The fourth-order valence-electron chi connectivity index (χ4n) is 2.25. The third kappa shape index (κ3) is 4.38.